The van der Waals surface area contributed by atoms with Gasteiger partial charge in [0.2, 0.25) is 0 Å². The maximum atomic E-state index is 13.1. The average Bonchev–Trinajstić information content (AvgIpc) is 3.49. The van der Waals surface area contributed by atoms with E-state index in [-0.39, 0.29) is 11.4 Å². The highest BCUT2D eigenvalue weighted by Crippen LogP contribution is 2.40. The zero-order chi connectivity index (χ0) is 26.8. The molecular weight excluding hydrogens is 526 g/mol. The summed E-state index contributed by atoms with van der Waals surface area (Å²) in [5.74, 6) is -2.04. The Morgan fingerprint density at radius 2 is 1.13 bits per heavy atom. The molecule has 0 bridgehead atoms. The van der Waals surface area contributed by atoms with Crippen LogP contribution < -0.4 is 10.6 Å². The fourth-order valence-corrected chi connectivity index (χ4v) is 7.51. The number of aryl methyl sites for hydroxylation is 2. The Morgan fingerprint density at radius 1 is 0.711 bits per heavy atom. The molecule has 5 rings (SSSR count). The summed E-state index contributed by atoms with van der Waals surface area (Å²) < 4.78 is 9.95. The van der Waals surface area contributed by atoms with Gasteiger partial charge in [-0.05, 0) is 74.6 Å². The smallest absolute Gasteiger partial charge is 0.341 e. The Bertz CT molecular complexity index is 1340. The minimum atomic E-state index is -0.537. The number of hydrogen-bond acceptors (Lipinski definition) is 9. The van der Waals surface area contributed by atoms with Crippen LogP contribution in [0.25, 0.3) is 0 Å². The molecule has 38 heavy (non-hydrogen) atoms. The summed E-state index contributed by atoms with van der Waals surface area (Å²) in [6.45, 7) is 0. The van der Waals surface area contributed by atoms with Gasteiger partial charge in [-0.3, -0.25) is 9.59 Å². The summed E-state index contributed by atoms with van der Waals surface area (Å²) in [5, 5.41) is 6.47. The highest BCUT2D eigenvalue weighted by molar-refractivity contribution is 7.17. The molecule has 3 heterocycles. The molecule has 0 saturated carbocycles. The summed E-state index contributed by atoms with van der Waals surface area (Å²) in [6, 6.07) is 4.57. The quantitative estimate of drug-likeness (QED) is 0.410. The first-order valence-electron chi connectivity index (χ1n) is 12.5. The number of ether oxygens (including phenoxy) is 2. The van der Waals surface area contributed by atoms with Gasteiger partial charge in [0.25, 0.3) is 11.8 Å². The van der Waals surface area contributed by atoms with Crippen molar-refractivity contribution in [2.45, 2.75) is 51.4 Å². The highest BCUT2D eigenvalue weighted by atomic mass is 32.1. The number of fused-ring (bicyclic) bond motifs is 2. The average molecular weight is 554 g/mol. The van der Waals surface area contributed by atoms with Crippen LogP contribution in [0, 0.1) is 0 Å². The van der Waals surface area contributed by atoms with E-state index in [0.717, 1.165) is 72.2 Å². The second kappa shape index (κ2) is 11.0. The molecule has 2 aliphatic carbocycles. The first-order valence-corrected chi connectivity index (χ1v) is 14.1. The molecule has 0 spiro atoms. The van der Waals surface area contributed by atoms with Crippen molar-refractivity contribution in [2.75, 3.05) is 24.9 Å². The topological polar surface area (TPSA) is 124 Å². The van der Waals surface area contributed by atoms with Crippen LogP contribution >= 0.6 is 22.7 Å². The van der Waals surface area contributed by atoms with E-state index in [0.29, 0.717) is 21.1 Å². The number of carbonyl (C=O) groups is 4. The second-order valence-electron chi connectivity index (χ2n) is 9.13. The summed E-state index contributed by atoms with van der Waals surface area (Å²) >= 11 is 2.76. The lowest BCUT2D eigenvalue weighted by atomic mass is 9.95. The Hall–Kier alpha value is -3.57. The number of anilines is 2. The fraction of sp³-hybridized carbons (Fsp3) is 0.370. The van der Waals surface area contributed by atoms with Crippen LogP contribution in [0.5, 0.6) is 0 Å². The fourth-order valence-electron chi connectivity index (χ4n) is 4.97. The van der Waals surface area contributed by atoms with E-state index in [1.165, 1.54) is 49.0 Å². The molecule has 0 aliphatic heterocycles. The monoisotopic (exact) mass is 553 g/mol. The first-order chi connectivity index (χ1) is 18.4. The van der Waals surface area contributed by atoms with E-state index in [2.05, 4.69) is 15.6 Å². The number of amides is 2. The largest absolute Gasteiger partial charge is 0.465 e. The number of nitrogens with zero attached hydrogens (tertiary/aromatic N) is 1. The third-order valence-corrected chi connectivity index (χ3v) is 9.20. The van der Waals surface area contributed by atoms with Gasteiger partial charge < -0.3 is 20.1 Å². The predicted molar refractivity (Wildman–Crippen MR) is 145 cm³/mol. The van der Waals surface area contributed by atoms with E-state index in [1.807, 2.05) is 0 Å². The first kappa shape index (κ1) is 26.1. The van der Waals surface area contributed by atoms with E-state index in [4.69, 9.17) is 9.47 Å². The zero-order valence-electron chi connectivity index (χ0n) is 21.1. The van der Waals surface area contributed by atoms with Gasteiger partial charge in [-0.1, -0.05) is 6.07 Å². The molecule has 2 amide bonds. The number of hydrogen-bond donors (Lipinski definition) is 2. The Labute approximate surface area is 227 Å². The molecular formula is C27H27N3O6S2. The van der Waals surface area contributed by atoms with E-state index < -0.39 is 23.8 Å². The number of carbonyl (C=O) groups excluding carboxylic acids is 4. The molecule has 198 valence electrons. The van der Waals surface area contributed by atoms with Crippen LogP contribution in [0.2, 0.25) is 0 Å². The highest BCUT2D eigenvalue weighted by Gasteiger charge is 2.29. The number of aromatic nitrogens is 1. The summed E-state index contributed by atoms with van der Waals surface area (Å²) in [5.41, 5.74) is 2.71. The molecule has 2 aliphatic rings. The minimum Gasteiger partial charge on any atom is -0.465 e. The van der Waals surface area contributed by atoms with Gasteiger partial charge in [-0.25, -0.2) is 14.6 Å². The van der Waals surface area contributed by atoms with Gasteiger partial charge in [-0.2, -0.15) is 0 Å². The number of pyridine rings is 1. The third kappa shape index (κ3) is 4.95. The van der Waals surface area contributed by atoms with Crippen LogP contribution in [-0.4, -0.2) is 43.0 Å². The van der Waals surface area contributed by atoms with Gasteiger partial charge in [0, 0.05) is 9.75 Å². The van der Waals surface area contributed by atoms with Gasteiger partial charge in [0.1, 0.15) is 21.4 Å². The van der Waals surface area contributed by atoms with Gasteiger partial charge in [-0.15, -0.1) is 22.7 Å². The van der Waals surface area contributed by atoms with Gasteiger partial charge >= 0.3 is 11.9 Å². The third-order valence-electron chi connectivity index (χ3n) is 6.79. The van der Waals surface area contributed by atoms with Crippen LogP contribution in [0.3, 0.4) is 0 Å². The standard InChI is InChI=1S/C27H27N3O6S2/c1-35-26(33)20-14-8-3-5-12-18(14)37-24(20)29-22(31)16-10-7-11-17(28-16)23(32)30-25-21(27(34)36-2)15-9-4-6-13-19(15)38-25/h7,10-11H,3-6,8-9,12-13H2,1-2H3,(H,29,31)(H,30,32). The lowest BCUT2D eigenvalue weighted by molar-refractivity contribution is 0.0591. The van der Waals surface area contributed by atoms with E-state index in [1.54, 1.807) is 6.07 Å². The van der Waals surface area contributed by atoms with Crippen molar-refractivity contribution >= 4 is 56.4 Å². The Morgan fingerprint density at radius 3 is 1.55 bits per heavy atom. The van der Waals surface area contributed by atoms with Crippen molar-refractivity contribution in [2.24, 2.45) is 0 Å². The number of thiophene rings is 2. The van der Waals surface area contributed by atoms with Crippen molar-refractivity contribution < 1.29 is 28.7 Å². The van der Waals surface area contributed by atoms with Crippen molar-refractivity contribution in [1.29, 1.82) is 0 Å². The summed E-state index contributed by atoms with van der Waals surface area (Å²) in [6.07, 6.45) is 7.26. The van der Waals surface area contributed by atoms with Gasteiger partial charge in [0.15, 0.2) is 0 Å². The zero-order valence-corrected chi connectivity index (χ0v) is 22.7. The lowest BCUT2D eigenvalue weighted by Gasteiger charge is -2.12. The van der Waals surface area contributed by atoms with Crippen molar-refractivity contribution in [3.05, 3.63) is 61.6 Å². The van der Waals surface area contributed by atoms with Crippen LogP contribution in [0.1, 0.15) is 88.3 Å². The maximum absolute atomic E-state index is 13.1. The summed E-state index contributed by atoms with van der Waals surface area (Å²) in [7, 11) is 2.64. The molecule has 2 N–H and O–H groups in total. The second-order valence-corrected chi connectivity index (χ2v) is 11.3. The maximum Gasteiger partial charge on any atom is 0.341 e. The van der Waals surface area contributed by atoms with E-state index in [9.17, 15) is 19.2 Å². The summed E-state index contributed by atoms with van der Waals surface area (Å²) in [4.78, 5) is 57.7. The van der Waals surface area contributed by atoms with Crippen molar-refractivity contribution in [3.63, 3.8) is 0 Å². The molecule has 3 aromatic heterocycles. The molecule has 0 radical (unpaired) electrons. The molecule has 0 aromatic carbocycles. The Balaban J connectivity index is 1.38. The van der Waals surface area contributed by atoms with E-state index >= 15 is 0 Å². The number of esters is 2. The van der Waals surface area contributed by atoms with Crippen molar-refractivity contribution in [3.8, 4) is 0 Å². The minimum absolute atomic E-state index is 0.0264. The predicted octanol–water partition coefficient (Wildman–Crippen LogP) is 5.04. The molecule has 0 fully saturated rings. The lowest BCUT2D eigenvalue weighted by Crippen LogP contribution is -2.20. The SMILES string of the molecule is COC(=O)c1c(NC(=O)c2cccc(C(=O)Nc3sc4c(c3C(=O)OC)CCCC4)n2)sc2c1CCCC2. The molecule has 0 atom stereocenters. The molecule has 9 nitrogen and oxygen atoms in total. The molecule has 11 heteroatoms. The molecule has 3 aromatic rings. The van der Waals surface area contributed by atoms with Crippen LogP contribution in [0.15, 0.2) is 18.2 Å². The number of rotatable bonds is 6. The van der Waals surface area contributed by atoms with Crippen LogP contribution in [0.4, 0.5) is 10.0 Å². The molecule has 0 unspecified atom stereocenters. The van der Waals surface area contributed by atoms with Gasteiger partial charge in [0.05, 0.1) is 25.3 Å². The van der Waals surface area contributed by atoms with Crippen molar-refractivity contribution in [1.82, 2.24) is 4.98 Å². The molecule has 0 saturated heterocycles. The van der Waals surface area contributed by atoms with Crippen LogP contribution in [-0.2, 0) is 35.2 Å². The number of nitrogens with one attached hydrogen (secondary N) is 2. The normalized spacial score (nSPS) is 14.2. The number of methoxy groups -OCH3 is 2. The Kier molecular flexibility index (Phi) is 7.57.